The van der Waals surface area contributed by atoms with E-state index in [-0.39, 0.29) is 6.61 Å². The molecule has 0 fully saturated rings. The van der Waals surface area contributed by atoms with Crippen molar-refractivity contribution in [2.24, 2.45) is 5.73 Å². The number of rotatable bonds is 9. The minimum atomic E-state index is -0.469. The molecule has 3 aromatic rings. The summed E-state index contributed by atoms with van der Waals surface area (Å²) in [6, 6.07) is 7.73. The number of nitrogens with zero attached hydrogens (tertiary/aromatic N) is 4. The molecule has 0 spiro atoms. The van der Waals surface area contributed by atoms with Crippen molar-refractivity contribution in [2.75, 3.05) is 6.61 Å². The number of hydrogen-bond acceptors (Lipinski definition) is 6. The predicted molar refractivity (Wildman–Crippen MR) is 105 cm³/mol. The molecule has 0 saturated heterocycles. The maximum absolute atomic E-state index is 9.12. The number of aliphatic hydroxyl groups is 1. The molecule has 1 aromatic carbocycles. The zero-order valence-corrected chi connectivity index (χ0v) is 15.8. The lowest BCUT2D eigenvalue weighted by Gasteiger charge is -2.01. The van der Waals surface area contributed by atoms with E-state index in [0.29, 0.717) is 5.01 Å². The number of unbranched alkanes of at least 4 members (excludes halogenated alkanes) is 3. The summed E-state index contributed by atoms with van der Waals surface area (Å²) in [7, 11) is 0. The van der Waals surface area contributed by atoms with Gasteiger partial charge in [-0.1, -0.05) is 61.8 Å². The molecule has 0 aliphatic rings. The van der Waals surface area contributed by atoms with Crippen molar-refractivity contribution in [2.45, 2.75) is 45.2 Å². The van der Waals surface area contributed by atoms with Gasteiger partial charge in [0, 0.05) is 23.9 Å². The predicted octanol–water partition coefficient (Wildman–Crippen LogP) is 3.64. The van der Waals surface area contributed by atoms with Crippen molar-refractivity contribution >= 4 is 11.3 Å². The molecule has 1 unspecified atom stereocenters. The van der Waals surface area contributed by atoms with Crippen LogP contribution < -0.4 is 5.73 Å². The second kappa shape index (κ2) is 9.02. The van der Waals surface area contributed by atoms with Gasteiger partial charge in [0.05, 0.1) is 18.8 Å². The Morgan fingerprint density at radius 1 is 1.08 bits per heavy atom. The van der Waals surface area contributed by atoms with Gasteiger partial charge < -0.3 is 10.8 Å². The zero-order valence-electron chi connectivity index (χ0n) is 15.0. The van der Waals surface area contributed by atoms with Crippen LogP contribution in [0.5, 0.6) is 0 Å². The Labute approximate surface area is 157 Å². The number of aryl methyl sites for hydroxylation is 1. The van der Waals surface area contributed by atoms with Crippen LogP contribution in [0.25, 0.3) is 21.7 Å². The van der Waals surface area contributed by atoms with Crippen LogP contribution in [0.4, 0.5) is 0 Å². The van der Waals surface area contributed by atoms with E-state index in [1.165, 1.54) is 37.0 Å². The van der Waals surface area contributed by atoms with Crippen LogP contribution in [0.1, 0.15) is 43.7 Å². The second-order valence-corrected chi connectivity index (χ2v) is 7.37. The van der Waals surface area contributed by atoms with E-state index >= 15 is 0 Å². The molecule has 26 heavy (non-hydrogen) atoms. The Balaban J connectivity index is 1.66. The van der Waals surface area contributed by atoms with Crippen molar-refractivity contribution < 1.29 is 5.11 Å². The number of aliphatic hydroxyl groups excluding tert-OH is 1. The van der Waals surface area contributed by atoms with E-state index in [0.717, 1.165) is 28.2 Å². The lowest BCUT2D eigenvalue weighted by atomic mass is 10.1. The van der Waals surface area contributed by atoms with Gasteiger partial charge in [-0.3, -0.25) is 4.68 Å². The smallest absolute Gasteiger partial charge is 0.147 e. The third kappa shape index (κ3) is 4.55. The molecule has 3 N–H and O–H groups in total. The Morgan fingerprint density at radius 2 is 1.85 bits per heavy atom. The molecule has 1 atom stereocenters. The highest BCUT2D eigenvalue weighted by atomic mass is 32.1. The maximum atomic E-state index is 9.12. The summed E-state index contributed by atoms with van der Waals surface area (Å²) in [4.78, 5) is 0. The van der Waals surface area contributed by atoms with Crippen LogP contribution in [-0.4, -0.2) is 31.7 Å². The van der Waals surface area contributed by atoms with Gasteiger partial charge in [-0.05, 0) is 12.0 Å². The molecule has 0 radical (unpaired) electrons. The van der Waals surface area contributed by atoms with E-state index in [1.807, 2.05) is 23.0 Å². The average Bonchev–Trinajstić information content (AvgIpc) is 3.35. The van der Waals surface area contributed by atoms with Crippen LogP contribution in [-0.2, 0) is 6.54 Å². The first-order valence-corrected chi connectivity index (χ1v) is 9.86. The molecule has 2 aromatic heterocycles. The van der Waals surface area contributed by atoms with E-state index in [1.54, 1.807) is 0 Å². The SMILES string of the molecule is CCCCCCn1cc(-c2ccc(-c3nnc(C(N)CO)s3)cc2)cn1. The van der Waals surface area contributed by atoms with Crippen LogP contribution in [0.3, 0.4) is 0 Å². The Hall–Kier alpha value is -2.09. The summed E-state index contributed by atoms with van der Waals surface area (Å²) < 4.78 is 2.02. The topological polar surface area (TPSA) is 89.9 Å². The van der Waals surface area contributed by atoms with Gasteiger partial charge in [-0.15, -0.1) is 10.2 Å². The largest absolute Gasteiger partial charge is 0.394 e. The third-order valence-electron chi connectivity index (χ3n) is 4.29. The molecule has 0 saturated carbocycles. The van der Waals surface area contributed by atoms with Gasteiger partial charge in [-0.2, -0.15) is 5.10 Å². The van der Waals surface area contributed by atoms with E-state index in [2.05, 4.69) is 40.5 Å². The molecular weight excluding hydrogens is 346 g/mol. The van der Waals surface area contributed by atoms with Crippen molar-refractivity contribution in [3.8, 4) is 21.7 Å². The zero-order chi connectivity index (χ0) is 18.4. The van der Waals surface area contributed by atoms with Gasteiger partial charge in [-0.25, -0.2) is 0 Å². The minimum absolute atomic E-state index is 0.129. The molecule has 7 heteroatoms. The summed E-state index contributed by atoms with van der Waals surface area (Å²) >= 11 is 1.41. The van der Waals surface area contributed by atoms with E-state index in [9.17, 15) is 0 Å². The third-order valence-corrected chi connectivity index (χ3v) is 5.40. The van der Waals surface area contributed by atoms with Gasteiger partial charge in [0.1, 0.15) is 10.0 Å². The van der Waals surface area contributed by atoms with E-state index < -0.39 is 6.04 Å². The lowest BCUT2D eigenvalue weighted by Crippen LogP contribution is -2.13. The molecule has 138 valence electrons. The van der Waals surface area contributed by atoms with Crippen LogP contribution in [0.2, 0.25) is 0 Å². The van der Waals surface area contributed by atoms with Crippen molar-refractivity contribution in [1.29, 1.82) is 0 Å². The number of hydrogen-bond donors (Lipinski definition) is 2. The van der Waals surface area contributed by atoms with Crippen molar-refractivity contribution in [3.05, 3.63) is 41.7 Å². The van der Waals surface area contributed by atoms with Crippen molar-refractivity contribution in [1.82, 2.24) is 20.0 Å². The normalized spacial score (nSPS) is 12.4. The Kier molecular flexibility index (Phi) is 6.49. The van der Waals surface area contributed by atoms with Crippen LogP contribution in [0.15, 0.2) is 36.7 Å². The van der Waals surface area contributed by atoms with Gasteiger partial charge in [0.25, 0.3) is 0 Å². The van der Waals surface area contributed by atoms with Crippen LogP contribution in [0, 0.1) is 0 Å². The standard InChI is InChI=1S/C19H25N5OS/c1-2-3-4-5-10-24-12-16(11-21-24)14-6-8-15(9-7-14)18-22-23-19(26-18)17(20)13-25/h6-9,11-12,17,25H,2-5,10,13,20H2,1H3. The highest BCUT2D eigenvalue weighted by molar-refractivity contribution is 7.14. The number of nitrogens with two attached hydrogens (primary N) is 1. The minimum Gasteiger partial charge on any atom is -0.394 e. The summed E-state index contributed by atoms with van der Waals surface area (Å²) in [5.74, 6) is 0. The van der Waals surface area contributed by atoms with E-state index in [4.69, 9.17) is 10.8 Å². The summed E-state index contributed by atoms with van der Waals surface area (Å²) in [6.07, 6.45) is 8.97. The van der Waals surface area contributed by atoms with Gasteiger partial charge in [0.15, 0.2) is 0 Å². The van der Waals surface area contributed by atoms with Crippen molar-refractivity contribution in [3.63, 3.8) is 0 Å². The first kappa shape index (κ1) is 18.7. The molecule has 2 heterocycles. The van der Waals surface area contributed by atoms with Gasteiger partial charge >= 0.3 is 0 Å². The molecule has 6 nitrogen and oxygen atoms in total. The lowest BCUT2D eigenvalue weighted by molar-refractivity contribution is 0.267. The van der Waals surface area contributed by atoms with Crippen LogP contribution >= 0.6 is 11.3 Å². The Morgan fingerprint density at radius 3 is 2.58 bits per heavy atom. The average molecular weight is 372 g/mol. The second-order valence-electron chi connectivity index (χ2n) is 6.36. The Bertz CT molecular complexity index is 811. The first-order chi connectivity index (χ1) is 12.7. The highest BCUT2D eigenvalue weighted by Gasteiger charge is 2.12. The highest BCUT2D eigenvalue weighted by Crippen LogP contribution is 2.28. The molecule has 0 bridgehead atoms. The molecule has 0 aliphatic heterocycles. The number of benzene rings is 1. The fourth-order valence-electron chi connectivity index (χ4n) is 2.72. The molecule has 3 rings (SSSR count). The summed E-state index contributed by atoms with van der Waals surface area (Å²) in [6.45, 7) is 3.06. The number of aromatic nitrogens is 4. The van der Waals surface area contributed by atoms with Gasteiger partial charge in [0.2, 0.25) is 0 Å². The fourth-order valence-corrected chi connectivity index (χ4v) is 3.56. The summed E-state index contributed by atoms with van der Waals surface area (Å²) in [5.41, 5.74) is 9.03. The monoisotopic (exact) mass is 371 g/mol. The fraction of sp³-hybridized carbons (Fsp3) is 0.421. The quantitative estimate of drug-likeness (QED) is 0.561. The molecule has 0 aliphatic carbocycles. The maximum Gasteiger partial charge on any atom is 0.147 e. The molecular formula is C19H25N5OS. The molecule has 0 amide bonds. The summed E-state index contributed by atoms with van der Waals surface area (Å²) in [5, 5.41) is 23.3. The first-order valence-electron chi connectivity index (χ1n) is 9.04.